The van der Waals surface area contributed by atoms with Crippen molar-refractivity contribution in [1.29, 1.82) is 0 Å². The predicted octanol–water partition coefficient (Wildman–Crippen LogP) is 8.33. The Morgan fingerprint density at radius 3 is 0.786 bits per heavy atom. The van der Waals surface area contributed by atoms with Crippen LogP contribution in [0.25, 0.3) is 0 Å². The largest absolute Gasteiger partial charge is 1.00 e. The summed E-state index contributed by atoms with van der Waals surface area (Å²) in [5.41, 5.74) is 10.8. The van der Waals surface area contributed by atoms with E-state index < -0.39 is 0 Å². The second-order valence-electron chi connectivity index (χ2n) is 11.0. The molecule has 3 heterocycles. The second-order valence-corrected chi connectivity index (χ2v) is 11.0. The van der Waals surface area contributed by atoms with Gasteiger partial charge in [-0.15, -0.1) is 17.1 Å². The third-order valence-electron chi connectivity index (χ3n) is 7.51. The van der Waals surface area contributed by atoms with Crippen molar-refractivity contribution in [2.24, 2.45) is 0 Å². The molecule has 0 saturated carbocycles. The SMILES string of the molecule is CCCCCCc1c(C)n[n-]c1C.CCCCCCc1c(C)n[n-]c1C.CCCCCCc1c(C)n[n-]c1C.[Ag+].[Ag+].[Ag+]. The summed E-state index contributed by atoms with van der Waals surface area (Å²) in [6, 6.07) is 0. The molecular weight excluding hydrogens is 804 g/mol. The molecule has 3 aromatic rings. The smallest absolute Gasteiger partial charge is 0.579 e. The van der Waals surface area contributed by atoms with Crippen LogP contribution >= 0.6 is 0 Å². The van der Waals surface area contributed by atoms with Crippen LogP contribution in [0.5, 0.6) is 0 Å². The summed E-state index contributed by atoms with van der Waals surface area (Å²) in [5, 5.41) is 24.4. The molecule has 0 aromatic carbocycles. The van der Waals surface area contributed by atoms with E-state index in [9.17, 15) is 0 Å². The Morgan fingerprint density at radius 1 is 0.381 bits per heavy atom. The topological polar surface area (TPSA) is 81.0 Å². The van der Waals surface area contributed by atoms with Gasteiger partial charge in [-0.2, -0.15) is 0 Å². The van der Waals surface area contributed by atoms with Crippen molar-refractivity contribution in [3.05, 3.63) is 50.9 Å². The van der Waals surface area contributed by atoms with E-state index in [0.29, 0.717) is 0 Å². The maximum atomic E-state index is 4.07. The van der Waals surface area contributed by atoms with Crippen LogP contribution in [0.1, 0.15) is 149 Å². The summed E-state index contributed by atoms with van der Waals surface area (Å²) < 4.78 is 0. The third kappa shape index (κ3) is 18.6. The van der Waals surface area contributed by atoms with Crippen LogP contribution in [-0.4, -0.2) is 15.3 Å². The fourth-order valence-electron chi connectivity index (χ4n) is 4.87. The number of hydrogen-bond acceptors (Lipinski definition) is 3. The molecule has 42 heavy (non-hydrogen) atoms. The monoisotopic (exact) mass is 858 g/mol. The molecular formula is C33H57Ag3N6. The number of hydrogen-bond donors (Lipinski definition) is 0. The van der Waals surface area contributed by atoms with Gasteiger partial charge in [0.15, 0.2) is 0 Å². The van der Waals surface area contributed by atoms with E-state index in [2.05, 4.69) is 92.9 Å². The van der Waals surface area contributed by atoms with Gasteiger partial charge in [0, 0.05) is 17.1 Å². The molecule has 0 aliphatic rings. The van der Waals surface area contributed by atoms with Crippen LogP contribution < -0.4 is 15.3 Å². The Labute approximate surface area is 304 Å². The summed E-state index contributed by atoms with van der Waals surface area (Å²) in [7, 11) is 0. The minimum atomic E-state index is 0. The molecule has 3 rings (SSSR count). The quantitative estimate of drug-likeness (QED) is 0.113. The molecule has 0 bridgehead atoms. The molecule has 0 fully saturated rings. The normalized spacial score (nSPS) is 9.93. The molecule has 0 N–H and O–H groups in total. The first kappa shape index (κ1) is 46.3. The third-order valence-corrected chi connectivity index (χ3v) is 7.51. The average molecular weight is 861 g/mol. The van der Waals surface area contributed by atoms with Crippen molar-refractivity contribution in [2.75, 3.05) is 0 Å². The van der Waals surface area contributed by atoms with Crippen molar-refractivity contribution in [1.82, 2.24) is 30.6 Å². The van der Waals surface area contributed by atoms with Crippen LogP contribution in [0.2, 0.25) is 0 Å². The van der Waals surface area contributed by atoms with Gasteiger partial charge in [-0.05, 0) is 76.0 Å². The maximum Gasteiger partial charge on any atom is 1.00 e. The van der Waals surface area contributed by atoms with Crippen LogP contribution in [0.3, 0.4) is 0 Å². The molecule has 6 nitrogen and oxygen atoms in total. The Bertz CT molecular complexity index is 838. The molecule has 0 aliphatic heterocycles. The first-order valence-electron chi connectivity index (χ1n) is 15.6. The van der Waals surface area contributed by atoms with Gasteiger partial charge in [-0.3, -0.25) is 0 Å². The summed E-state index contributed by atoms with van der Waals surface area (Å²) >= 11 is 0. The number of aromatic nitrogens is 6. The zero-order chi connectivity index (χ0) is 29.0. The van der Waals surface area contributed by atoms with E-state index in [1.165, 1.54) is 93.7 Å². The Kier molecular flexibility index (Phi) is 31.2. The molecule has 0 amide bonds. The predicted molar refractivity (Wildman–Crippen MR) is 165 cm³/mol. The number of aryl methyl sites for hydroxylation is 6. The van der Waals surface area contributed by atoms with Gasteiger partial charge in [0.05, 0.1) is 0 Å². The molecule has 0 saturated heterocycles. The Balaban J connectivity index is -0.000000524. The minimum absolute atomic E-state index is 0. The molecule has 0 unspecified atom stereocenters. The molecule has 252 valence electrons. The van der Waals surface area contributed by atoms with Crippen molar-refractivity contribution in [3.63, 3.8) is 0 Å². The summed E-state index contributed by atoms with van der Waals surface area (Å²) in [5.74, 6) is 0. The van der Waals surface area contributed by atoms with Crippen LogP contribution in [0.15, 0.2) is 0 Å². The Morgan fingerprint density at radius 2 is 0.619 bits per heavy atom. The maximum absolute atomic E-state index is 4.07. The molecule has 0 spiro atoms. The summed E-state index contributed by atoms with van der Waals surface area (Å²) in [4.78, 5) is 0. The summed E-state index contributed by atoms with van der Waals surface area (Å²) in [6.45, 7) is 19.0. The van der Waals surface area contributed by atoms with Crippen molar-refractivity contribution < 1.29 is 67.1 Å². The number of rotatable bonds is 15. The summed E-state index contributed by atoms with van der Waals surface area (Å²) in [6.07, 6.45) is 19.3. The first-order chi connectivity index (χ1) is 18.8. The van der Waals surface area contributed by atoms with Crippen molar-refractivity contribution in [3.8, 4) is 0 Å². The van der Waals surface area contributed by atoms with Gasteiger partial charge in [-0.25, -0.2) is 0 Å². The average Bonchev–Trinajstić information content (AvgIpc) is 3.54. The van der Waals surface area contributed by atoms with E-state index in [4.69, 9.17) is 0 Å². The zero-order valence-electron chi connectivity index (χ0n) is 27.7. The minimum Gasteiger partial charge on any atom is -0.579 e. The number of nitrogens with zero attached hydrogens (tertiary/aromatic N) is 6. The van der Waals surface area contributed by atoms with Gasteiger partial charge in [0.1, 0.15) is 0 Å². The van der Waals surface area contributed by atoms with Crippen molar-refractivity contribution >= 4 is 0 Å². The van der Waals surface area contributed by atoms with E-state index in [0.717, 1.165) is 53.4 Å². The first-order valence-corrected chi connectivity index (χ1v) is 15.6. The van der Waals surface area contributed by atoms with Crippen LogP contribution in [-0.2, 0) is 86.4 Å². The van der Waals surface area contributed by atoms with E-state index >= 15 is 0 Å². The fraction of sp³-hybridized carbons (Fsp3) is 0.727. The standard InChI is InChI=1S/3C11H19N2.3Ag/c3*1-4-5-6-7-8-11-9(2)12-13-10(11)3;;;/h3*4-8H2,1-3H3;;;/q3*-1;3*+1. The van der Waals surface area contributed by atoms with E-state index in [-0.39, 0.29) is 67.1 Å². The van der Waals surface area contributed by atoms with Crippen LogP contribution in [0, 0.1) is 41.5 Å². The van der Waals surface area contributed by atoms with Gasteiger partial charge in [-0.1, -0.05) is 99.3 Å². The van der Waals surface area contributed by atoms with Crippen LogP contribution in [0.4, 0.5) is 0 Å². The molecule has 0 aliphatic carbocycles. The van der Waals surface area contributed by atoms with E-state index in [1.807, 2.05) is 0 Å². The Hall–Kier alpha value is -0.149. The van der Waals surface area contributed by atoms with Crippen molar-refractivity contribution in [2.45, 2.75) is 159 Å². The number of unbranched alkanes of at least 4 members (excludes halogenated alkanes) is 9. The van der Waals surface area contributed by atoms with Gasteiger partial charge in [0.25, 0.3) is 0 Å². The van der Waals surface area contributed by atoms with Gasteiger partial charge < -0.3 is 30.6 Å². The molecule has 3 aromatic heterocycles. The van der Waals surface area contributed by atoms with Gasteiger partial charge in [0.2, 0.25) is 0 Å². The van der Waals surface area contributed by atoms with E-state index in [1.54, 1.807) is 0 Å². The second kappa shape index (κ2) is 28.3. The molecule has 0 atom stereocenters. The molecule has 0 radical (unpaired) electrons. The fourth-order valence-corrected chi connectivity index (χ4v) is 4.87. The van der Waals surface area contributed by atoms with Gasteiger partial charge >= 0.3 is 67.1 Å². The zero-order valence-corrected chi connectivity index (χ0v) is 32.1. The molecule has 9 heteroatoms.